The van der Waals surface area contributed by atoms with Gasteiger partial charge in [0, 0.05) is 5.69 Å². The van der Waals surface area contributed by atoms with Gasteiger partial charge in [-0.2, -0.15) is 0 Å². The zero-order chi connectivity index (χ0) is 26.6. The van der Waals surface area contributed by atoms with Gasteiger partial charge >= 0.3 is 0 Å². The van der Waals surface area contributed by atoms with Crippen molar-refractivity contribution in [2.75, 3.05) is 11.9 Å². The minimum absolute atomic E-state index is 0.264. The van der Waals surface area contributed by atoms with Gasteiger partial charge < -0.3 is 10.1 Å². The van der Waals surface area contributed by atoms with E-state index in [4.69, 9.17) is 4.74 Å². The van der Waals surface area contributed by atoms with E-state index in [0.717, 1.165) is 49.7 Å². The number of fused-ring (bicyclic) bond motifs is 1. The first-order chi connectivity index (χ1) is 18.4. The summed E-state index contributed by atoms with van der Waals surface area (Å²) in [7, 11) is 0. The normalized spacial score (nSPS) is 14.4. The highest BCUT2D eigenvalue weighted by molar-refractivity contribution is 8.18. The van der Waals surface area contributed by atoms with Crippen LogP contribution in [0.15, 0.2) is 89.8 Å². The highest BCUT2D eigenvalue weighted by atomic mass is 32.2. The Balaban J connectivity index is 1.25. The van der Waals surface area contributed by atoms with Crippen LogP contribution in [0.25, 0.3) is 16.8 Å². The van der Waals surface area contributed by atoms with Crippen LogP contribution in [0.3, 0.4) is 0 Å². The number of ether oxygens (including phenoxy) is 1. The third-order valence-electron chi connectivity index (χ3n) is 6.26. The number of nitrogens with one attached hydrogen (secondary N) is 1. The summed E-state index contributed by atoms with van der Waals surface area (Å²) < 4.78 is 6.05. The molecule has 1 heterocycles. The molecule has 6 nitrogen and oxygen atoms in total. The number of amides is 3. The fourth-order valence-corrected chi connectivity index (χ4v) is 5.19. The Morgan fingerprint density at radius 2 is 1.74 bits per heavy atom. The van der Waals surface area contributed by atoms with Crippen LogP contribution in [-0.4, -0.2) is 28.5 Å². The predicted octanol–water partition coefficient (Wildman–Crippen LogP) is 6.71. The molecule has 0 unspecified atom stereocenters. The van der Waals surface area contributed by atoms with Crippen molar-refractivity contribution in [1.82, 2.24) is 4.90 Å². The first-order valence-corrected chi connectivity index (χ1v) is 13.0. The molecule has 1 fully saturated rings. The Bertz CT molecular complexity index is 1590. The Kier molecular flexibility index (Phi) is 7.29. The quantitative estimate of drug-likeness (QED) is 0.273. The van der Waals surface area contributed by atoms with Gasteiger partial charge in [-0.15, -0.1) is 0 Å². The topological polar surface area (TPSA) is 75.7 Å². The summed E-state index contributed by atoms with van der Waals surface area (Å²) in [6.07, 6.45) is 1.65. The summed E-state index contributed by atoms with van der Waals surface area (Å²) in [5.41, 5.74) is 4.46. The monoisotopic (exact) mass is 522 g/mol. The number of aryl methyl sites for hydroxylation is 2. The zero-order valence-electron chi connectivity index (χ0n) is 21.1. The number of nitrogens with zero attached hydrogens (tertiary/aromatic N) is 1. The molecule has 7 heteroatoms. The van der Waals surface area contributed by atoms with Crippen LogP contribution in [0.1, 0.15) is 22.3 Å². The molecule has 38 heavy (non-hydrogen) atoms. The lowest BCUT2D eigenvalue weighted by atomic mass is 10.1. The second-order valence-corrected chi connectivity index (χ2v) is 10.1. The van der Waals surface area contributed by atoms with Crippen LogP contribution in [-0.2, 0) is 16.2 Å². The van der Waals surface area contributed by atoms with Crippen LogP contribution >= 0.6 is 11.8 Å². The van der Waals surface area contributed by atoms with E-state index >= 15 is 0 Å². The van der Waals surface area contributed by atoms with Crippen molar-refractivity contribution < 1.29 is 19.1 Å². The molecule has 4 aromatic carbocycles. The summed E-state index contributed by atoms with van der Waals surface area (Å²) in [6, 6.07) is 27.3. The number of carbonyl (C=O) groups excluding carboxylic acids is 3. The number of thioether (sulfide) groups is 1. The molecule has 4 aromatic rings. The third-order valence-corrected chi connectivity index (χ3v) is 7.17. The lowest BCUT2D eigenvalue weighted by molar-refractivity contribution is -0.127. The molecule has 1 aliphatic rings. The number of carbonyl (C=O) groups is 3. The number of rotatable bonds is 7. The number of hydrogen-bond acceptors (Lipinski definition) is 5. The van der Waals surface area contributed by atoms with E-state index in [1.54, 1.807) is 6.08 Å². The second kappa shape index (κ2) is 10.9. The average molecular weight is 523 g/mol. The number of imide groups is 1. The van der Waals surface area contributed by atoms with E-state index in [2.05, 4.69) is 23.5 Å². The van der Waals surface area contributed by atoms with E-state index in [-0.39, 0.29) is 11.4 Å². The molecule has 0 radical (unpaired) electrons. The summed E-state index contributed by atoms with van der Waals surface area (Å²) >= 11 is 0.825. The van der Waals surface area contributed by atoms with Crippen LogP contribution in [0.2, 0.25) is 0 Å². The Morgan fingerprint density at radius 1 is 0.947 bits per heavy atom. The summed E-state index contributed by atoms with van der Waals surface area (Å²) in [5, 5.41) is 4.61. The SMILES string of the molecule is Cc1ccc(NC(=O)CN2C(=O)S/C(=C/c3cccc(OCc4cccc5ccccc45)c3)C2=O)c(C)c1. The van der Waals surface area contributed by atoms with Gasteiger partial charge in [-0.1, -0.05) is 72.3 Å². The lowest BCUT2D eigenvalue weighted by Gasteiger charge is -2.14. The Labute approximate surface area is 225 Å². The van der Waals surface area contributed by atoms with Gasteiger partial charge in [-0.05, 0) is 77.3 Å². The van der Waals surface area contributed by atoms with Gasteiger partial charge in [0.15, 0.2) is 0 Å². The minimum Gasteiger partial charge on any atom is -0.489 e. The maximum atomic E-state index is 12.9. The van der Waals surface area contributed by atoms with E-state index < -0.39 is 17.1 Å². The van der Waals surface area contributed by atoms with Crippen molar-refractivity contribution in [3.63, 3.8) is 0 Å². The maximum absolute atomic E-state index is 12.9. The van der Waals surface area contributed by atoms with Gasteiger partial charge in [0.1, 0.15) is 18.9 Å². The fraction of sp³-hybridized carbons (Fsp3) is 0.129. The number of benzene rings is 4. The molecule has 1 N–H and O–H groups in total. The summed E-state index contributed by atoms with van der Waals surface area (Å²) in [5.74, 6) is -0.263. The first kappa shape index (κ1) is 25.3. The second-order valence-electron chi connectivity index (χ2n) is 9.13. The number of hydrogen-bond donors (Lipinski definition) is 1. The first-order valence-electron chi connectivity index (χ1n) is 12.2. The molecule has 1 aliphatic heterocycles. The zero-order valence-corrected chi connectivity index (χ0v) is 21.9. The van der Waals surface area contributed by atoms with Crippen molar-refractivity contribution in [1.29, 1.82) is 0 Å². The standard InChI is InChI=1S/C31H26N2O4S/c1-20-13-14-27(21(2)15-20)32-29(34)18-33-30(35)28(38-31(33)36)17-22-7-5-11-25(16-22)37-19-24-10-6-9-23-8-3-4-12-26(23)24/h3-17H,18-19H2,1-2H3,(H,32,34)/b28-17+. The molecule has 3 amide bonds. The molecule has 1 saturated heterocycles. The van der Waals surface area contributed by atoms with Gasteiger partial charge in [-0.3, -0.25) is 19.3 Å². The van der Waals surface area contributed by atoms with Crippen LogP contribution < -0.4 is 10.1 Å². The molecular weight excluding hydrogens is 496 g/mol. The van der Waals surface area contributed by atoms with Crippen molar-refractivity contribution in [2.45, 2.75) is 20.5 Å². The number of anilines is 1. The predicted molar refractivity (Wildman–Crippen MR) is 152 cm³/mol. The van der Waals surface area contributed by atoms with Gasteiger partial charge in [-0.25, -0.2) is 0 Å². The molecule has 0 atom stereocenters. The van der Waals surface area contributed by atoms with E-state index in [0.29, 0.717) is 18.0 Å². The molecule has 0 bridgehead atoms. The molecule has 0 aliphatic carbocycles. The minimum atomic E-state index is -0.488. The van der Waals surface area contributed by atoms with E-state index in [1.807, 2.05) is 80.6 Å². The van der Waals surface area contributed by atoms with Crippen molar-refractivity contribution in [2.24, 2.45) is 0 Å². The van der Waals surface area contributed by atoms with Crippen LogP contribution in [0, 0.1) is 13.8 Å². The third kappa shape index (κ3) is 5.63. The maximum Gasteiger partial charge on any atom is 0.294 e. The Morgan fingerprint density at radius 3 is 2.58 bits per heavy atom. The molecular formula is C31H26N2O4S. The van der Waals surface area contributed by atoms with Crippen molar-refractivity contribution >= 4 is 51.4 Å². The summed E-state index contributed by atoms with van der Waals surface area (Å²) in [6.45, 7) is 3.92. The van der Waals surface area contributed by atoms with Gasteiger partial charge in [0.25, 0.3) is 11.1 Å². The van der Waals surface area contributed by atoms with Crippen LogP contribution in [0.5, 0.6) is 5.75 Å². The highest BCUT2D eigenvalue weighted by Crippen LogP contribution is 2.33. The molecule has 0 saturated carbocycles. The average Bonchev–Trinajstić information content (AvgIpc) is 3.16. The lowest BCUT2D eigenvalue weighted by Crippen LogP contribution is -2.36. The van der Waals surface area contributed by atoms with E-state index in [1.165, 1.54) is 0 Å². The Hall–Kier alpha value is -4.36. The fourth-order valence-electron chi connectivity index (χ4n) is 4.35. The van der Waals surface area contributed by atoms with Crippen LogP contribution in [0.4, 0.5) is 10.5 Å². The highest BCUT2D eigenvalue weighted by Gasteiger charge is 2.36. The largest absolute Gasteiger partial charge is 0.489 e. The molecule has 190 valence electrons. The van der Waals surface area contributed by atoms with Gasteiger partial charge in [0.05, 0.1) is 4.91 Å². The molecule has 0 spiro atoms. The molecule has 5 rings (SSSR count). The summed E-state index contributed by atoms with van der Waals surface area (Å²) in [4.78, 5) is 39.3. The van der Waals surface area contributed by atoms with Crippen molar-refractivity contribution in [3.05, 3.63) is 112 Å². The molecule has 0 aromatic heterocycles. The van der Waals surface area contributed by atoms with E-state index in [9.17, 15) is 14.4 Å². The van der Waals surface area contributed by atoms with Gasteiger partial charge in [0.2, 0.25) is 5.91 Å². The van der Waals surface area contributed by atoms with Crippen molar-refractivity contribution in [3.8, 4) is 5.75 Å². The smallest absolute Gasteiger partial charge is 0.294 e.